The van der Waals surface area contributed by atoms with Crippen LogP contribution in [0.2, 0.25) is 0 Å². The zero-order valence-electron chi connectivity index (χ0n) is 11.6. The highest BCUT2D eigenvalue weighted by Crippen LogP contribution is 2.31. The van der Waals surface area contributed by atoms with Crippen molar-refractivity contribution in [3.8, 4) is 0 Å². The van der Waals surface area contributed by atoms with Crippen LogP contribution in [0.1, 0.15) is 37.3 Å². The van der Waals surface area contributed by atoms with Gasteiger partial charge in [-0.25, -0.2) is 4.98 Å². The lowest BCUT2D eigenvalue weighted by Crippen LogP contribution is -2.11. The van der Waals surface area contributed by atoms with Gasteiger partial charge in [-0.1, -0.05) is 26.0 Å². The Bertz CT molecular complexity index is 508. The molecule has 0 bridgehead atoms. The molecule has 0 aliphatic rings. The summed E-state index contributed by atoms with van der Waals surface area (Å²) in [5, 5.41) is 0. The lowest BCUT2D eigenvalue weighted by Gasteiger charge is -2.22. The van der Waals surface area contributed by atoms with E-state index in [9.17, 15) is 0 Å². The number of nitrogens with zero attached hydrogens (tertiary/aromatic N) is 2. The van der Waals surface area contributed by atoms with Gasteiger partial charge < -0.3 is 5.73 Å². The van der Waals surface area contributed by atoms with E-state index in [0.29, 0.717) is 17.7 Å². The molecule has 0 amide bonds. The second-order valence-corrected chi connectivity index (χ2v) is 5.23. The maximum Gasteiger partial charge on any atom is 0.126 e. The number of anilines is 1. The molecule has 3 nitrogen and oxygen atoms in total. The monoisotopic (exact) mass is 255 g/mol. The molecule has 0 spiro atoms. The van der Waals surface area contributed by atoms with Crippen LogP contribution in [-0.4, -0.2) is 9.97 Å². The smallest absolute Gasteiger partial charge is 0.126 e. The average Bonchev–Trinajstić information content (AvgIpc) is 2.42. The Hall–Kier alpha value is -1.90. The topological polar surface area (TPSA) is 51.8 Å². The van der Waals surface area contributed by atoms with Gasteiger partial charge in [-0.05, 0) is 47.9 Å². The van der Waals surface area contributed by atoms with Crippen LogP contribution in [0, 0.1) is 5.92 Å². The van der Waals surface area contributed by atoms with E-state index < -0.39 is 0 Å². The number of pyridine rings is 2. The maximum atomic E-state index is 6.00. The summed E-state index contributed by atoms with van der Waals surface area (Å²) in [6.45, 7) is 4.47. The average molecular weight is 255 g/mol. The van der Waals surface area contributed by atoms with Gasteiger partial charge in [0, 0.05) is 18.6 Å². The predicted molar refractivity (Wildman–Crippen MR) is 78.8 cm³/mol. The molecule has 2 aromatic heterocycles. The molecule has 0 aromatic carbocycles. The van der Waals surface area contributed by atoms with Crippen LogP contribution in [0.3, 0.4) is 0 Å². The van der Waals surface area contributed by atoms with Gasteiger partial charge in [0.1, 0.15) is 5.82 Å². The van der Waals surface area contributed by atoms with Crippen LogP contribution >= 0.6 is 0 Å². The van der Waals surface area contributed by atoms with Crippen molar-refractivity contribution in [3.05, 3.63) is 54.0 Å². The van der Waals surface area contributed by atoms with Crippen molar-refractivity contribution in [1.29, 1.82) is 0 Å². The minimum absolute atomic E-state index is 0.439. The molecule has 0 aliphatic carbocycles. The summed E-state index contributed by atoms with van der Waals surface area (Å²) in [6, 6.07) is 8.16. The largest absolute Gasteiger partial charge is 0.383 e. The highest BCUT2D eigenvalue weighted by molar-refractivity contribution is 5.41. The number of aromatic nitrogens is 2. The molecule has 0 radical (unpaired) electrons. The van der Waals surface area contributed by atoms with Gasteiger partial charge in [0.05, 0.1) is 0 Å². The van der Waals surface area contributed by atoms with E-state index in [1.54, 1.807) is 6.20 Å². The van der Waals surface area contributed by atoms with Crippen molar-refractivity contribution < 1.29 is 0 Å². The number of rotatable bonds is 5. The molecule has 0 unspecified atom stereocenters. The molecule has 1 atom stereocenters. The molecule has 0 saturated carbocycles. The van der Waals surface area contributed by atoms with Crippen LogP contribution in [0.4, 0.5) is 5.82 Å². The minimum atomic E-state index is 0.439. The van der Waals surface area contributed by atoms with Crippen molar-refractivity contribution in [3.63, 3.8) is 0 Å². The van der Waals surface area contributed by atoms with Gasteiger partial charge in [-0.3, -0.25) is 4.98 Å². The Kier molecular flexibility index (Phi) is 4.50. The second-order valence-electron chi connectivity index (χ2n) is 5.23. The van der Waals surface area contributed by atoms with Gasteiger partial charge in [0.25, 0.3) is 0 Å². The summed E-state index contributed by atoms with van der Waals surface area (Å²) >= 11 is 0. The summed E-state index contributed by atoms with van der Waals surface area (Å²) in [5.41, 5.74) is 8.45. The summed E-state index contributed by atoms with van der Waals surface area (Å²) < 4.78 is 0. The van der Waals surface area contributed by atoms with Crippen LogP contribution in [0.15, 0.2) is 42.9 Å². The molecular weight excluding hydrogens is 234 g/mol. The first-order chi connectivity index (χ1) is 9.18. The fourth-order valence-electron chi connectivity index (χ4n) is 2.46. The highest BCUT2D eigenvalue weighted by atomic mass is 14.8. The van der Waals surface area contributed by atoms with E-state index in [1.807, 2.05) is 24.5 Å². The van der Waals surface area contributed by atoms with Gasteiger partial charge in [-0.15, -0.1) is 0 Å². The SMILES string of the molecule is CC(C)[C@H](CCc1cccnc1)c1cccnc1N. The predicted octanol–water partition coefficient (Wildman–Crippen LogP) is 3.43. The van der Waals surface area contributed by atoms with Crippen LogP contribution < -0.4 is 5.73 Å². The van der Waals surface area contributed by atoms with Gasteiger partial charge in [0.15, 0.2) is 0 Å². The minimum Gasteiger partial charge on any atom is -0.383 e. The van der Waals surface area contributed by atoms with Crippen LogP contribution in [-0.2, 0) is 6.42 Å². The van der Waals surface area contributed by atoms with Crippen molar-refractivity contribution in [2.75, 3.05) is 5.73 Å². The first kappa shape index (κ1) is 13.5. The third-order valence-corrected chi connectivity index (χ3v) is 3.54. The number of nitrogen functional groups attached to an aromatic ring is 1. The van der Waals surface area contributed by atoms with Gasteiger partial charge in [-0.2, -0.15) is 0 Å². The molecule has 100 valence electrons. The standard InChI is InChI=1S/C16H21N3/c1-12(2)14(15-6-4-10-19-16(15)17)8-7-13-5-3-9-18-11-13/h3-6,9-12,14H,7-8H2,1-2H3,(H2,17,19)/t14-/m0/s1. The van der Waals surface area contributed by atoms with Gasteiger partial charge in [0.2, 0.25) is 0 Å². The fraction of sp³-hybridized carbons (Fsp3) is 0.375. The maximum absolute atomic E-state index is 6.00. The normalized spacial score (nSPS) is 12.6. The zero-order valence-corrected chi connectivity index (χ0v) is 11.6. The second kappa shape index (κ2) is 6.32. The van der Waals surface area contributed by atoms with Crippen molar-refractivity contribution in [2.24, 2.45) is 5.92 Å². The number of hydrogen-bond acceptors (Lipinski definition) is 3. The molecule has 2 heterocycles. The third kappa shape index (κ3) is 3.53. The highest BCUT2D eigenvalue weighted by Gasteiger charge is 2.18. The van der Waals surface area contributed by atoms with E-state index in [2.05, 4.69) is 35.9 Å². The van der Waals surface area contributed by atoms with Crippen molar-refractivity contribution in [2.45, 2.75) is 32.6 Å². The third-order valence-electron chi connectivity index (χ3n) is 3.54. The molecule has 2 N–H and O–H groups in total. The number of hydrogen-bond donors (Lipinski definition) is 1. The van der Waals surface area contributed by atoms with E-state index in [-0.39, 0.29) is 0 Å². The molecule has 19 heavy (non-hydrogen) atoms. The summed E-state index contributed by atoms with van der Waals surface area (Å²) in [7, 11) is 0. The van der Waals surface area contributed by atoms with E-state index in [1.165, 1.54) is 11.1 Å². The lowest BCUT2D eigenvalue weighted by atomic mass is 9.84. The van der Waals surface area contributed by atoms with E-state index in [4.69, 9.17) is 5.73 Å². The first-order valence-corrected chi connectivity index (χ1v) is 6.77. The van der Waals surface area contributed by atoms with E-state index >= 15 is 0 Å². The molecular formula is C16H21N3. The summed E-state index contributed by atoms with van der Waals surface area (Å²) in [6.07, 6.45) is 7.58. The Morgan fingerprint density at radius 2 is 1.95 bits per heavy atom. The fourth-order valence-corrected chi connectivity index (χ4v) is 2.46. The van der Waals surface area contributed by atoms with Crippen molar-refractivity contribution >= 4 is 5.82 Å². The Labute approximate surface area is 114 Å². The summed E-state index contributed by atoms with van der Waals surface area (Å²) in [4.78, 5) is 8.36. The first-order valence-electron chi connectivity index (χ1n) is 6.77. The molecule has 3 heteroatoms. The Morgan fingerprint density at radius 3 is 2.58 bits per heavy atom. The molecule has 0 saturated heterocycles. The van der Waals surface area contributed by atoms with Crippen LogP contribution in [0.25, 0.3) is 0 Å². The number of nitrogens with two attached hydrogens (primary N) is 1. The van der Waals surface area contributed by atoms with Crippen molar-refractivity contribution in [1.82, 2.24) is 9.97 Å². The lowest BCUT2D eigenvalue weighted by molar-refractivity contribution is 0.468. The molecule has 0 aliphatic heterocycles. The number of aryl methyl sites for hydroxylation is 1. The quantitative estimate of drug-likeness (QED) is 0.890. The Balaban J connectivity index is 2.12. The Morgan fingerprint density at radius 1 is 1.16 bits per heavy atom. The van der Waals surface area contributed by atoms with E-state index in [0.717, 1.165) is 12.8 Å². The molecule has 0 fully saturated rings. The zero-order chi connectivity index (χ0) is 13.7. The molecule has 2 aromatic rings. The van der Waals surface area contributed by atoms with Gasteiger partial charge >= 0.3 is 0 Å². The summed E-state index contributed by atoms with van der Waals surface area (Å²) in [5.74, 6) is 1.64. The molecule has 2 rings (SSSR count). The van der Waals surface area contributed by atoms with Crippen LogP contribution in [0.5, 0.6) is 0 Å².